The molecule has 1 aliphatic carbocycles. The minimum Gasteiger partial charge on any atom is -0.451 e. The van der Waals surface area contributed by atoms with Crippen LogP contribution in [0.4, 0.5) is 5.69 Å². The summed E-state index contributed by atoms with van der Waals surface area (Å²) in [4.78, 5) is 25.9. The molecule has 130 valence electrons. The first kappa shape index (κ1) is 15.1. The van der Waals surface area contributed by atoms with Crippen LogP contribution in [-0.2, 0) is 4.84 Å². The van der Waals surface area contributed by atoms with Crippen LogP contribution in [0, 0.1) is 17.8 Å². The van der Waals surface area contributed by atoms with Gasteiger partial charge in [-0.1, -0.05) is 18.2 Å². The van der Waals surface area contributed by atoms with E-state index in [0.29, 0.717) is 11.8 Å². The van der Waals surface area contributed by atoms with Gasteiger partial charge in [0.15, 0.2) is 12.1 Å². The first-order valence-electron chi connectivity index (χ1n) is 8.95. The maximum atomic E-state index is 12.9. The molecule has 0 radical (unpaired) electrons. The molecule has 0 spiro atoms. The van der Waals surface area contributed by atoms with Crippen LogP contribution < -0.4 is 5.06 Å². The lowest BCUT2D eigenvalue weighted by Crippen LogP contribution is -2.62. The Hall–Kier alpha value is -2.18. The molecule has 6 nitrogen and oxygen atoms in total. The van der Waals surface area contributed by atoms with E-state index in [9.17, 15) is 4.79 Å². The molecule has 2 aromatic rings. The molecule has 4 fully saturated rings. The maximum absolute atomic E-state index is 12.9. The van der Waals surface area contributed by atoms with E-state index in [1.54, 1.807) is 0 Å². The van der Waals surface area contributed by atoms with Crippen LogP contribution in [-0.4, -0.2) is 41.5 Å². The van der Waals surface area contributed by atoms with Gasteiger partial charge >= 0.3 is 5.91 Å². The van der Waals surface area contributed by atoms with Crippen molar-refractivity contribution in [1.29, 1.82) is 0 Å². The minimum atomic E-state index is -0.283. The molecule has 4 bridgehead atoms. The van der Waals surface area contributed by atoms with E-state index in [4.69, 9.17) is 9.25 Å². The Morgan fingerprint density at radius 2 is 1.92 bits per heavy atom. The van der Waals surface area contributed by atoms with Gasteiger partial charge in [-0.15, -0.1) is 0 Å². The van der Waals surface area contributed by atoms with Gasteiger partial charge in [0.2, 0.25) is 0 Å². The van der Waals surface area contributed by atoms with Crippen molar-refractivity contribution in [2.45, 2.75) is 18.9 Å². The molecule has 0 unspecified atom stereocenters. The van der Waals surface area contributed by atoms with Gasteiger partial charge in [0.1, 0.15) is 6.26 Å². The molecular formula is C19H21N3O3. The monoisotopic (exact) mass is 339 g/mol. The summed E-state index contributed by atoms with van der Waals surface area (Å²) >= 11 is 0. The zero-order chi connectivity index (χ0) is 16.8. The molecule has 3 saturated heterocycles. The number of benzene rings is 1. The van der Waals surface area contributed by atoms with Crippen LogP contribution >= 0.6 is 0 Å². The fourth-order valence-electron chi connectivity index (χ4n) is 4.87. The molecule has 4 aliphatic rings. The van der Waals surface area contributed by atoms with E-state index in [2.05, 4.69) is 9.88 Å². The quantitative estimate of drug-likeness (QED) is 0.802. The van der Waals surface area contributed by atoms with Crippen molar-refractivity contribution in [3.63, 3.8) is 0 Å². The topological polar surface area (TPSA) is 58.8 Å². The number of para-hydroxylation sites is 1. The average Bonchev–Trinajstić information content (AvgIpc) is 3.16. The van der Waals surface area contributed by atoms with Crippen LogP contribution in [0.1, 0.15) is 23.3 Å². The molecule has 1 saturated carbocycles. The van der Waals surface area contributed by atoms with E-state index in [0.717, 1.165) is 24.7 Å². The van der Waals surface area contributed by atoms with E-state index >= 15 is 0 Å². The largest absolute Gasteiger partial charge is 0.451 e. The Balaban J connectivity index is 1.44. The van der Waals surface area contributed by atoms with Gasteiger partial charge in [-0.05, 0) is 30.9 Å². The number of oxazole rings is 1. The molecule has 1 aromatic carbocycles. The Kier molecular flexibility index (Phi) is 3.60. The first-order valence-corrected chi connectivity index (χ1v) is 8.95. The van der Waals surface area contributed by atoms with Crippen molar-refractivity contribution in [2.75, 3.05) is 24.7 Å². The summed E-state index contributed by atoms with van der Waals surface area (Å²) < 4.78 is 4.99. The second-order valence-electron chi connectivity index (χ2n) is 7.45. The second kappa shape index (κ2) is 5.97. The molecule has 4 heterocycles. The Bertz CT molecular complexity index is 719. The summed E-state index contributed by atoms with van der Waals surface area (Å²) in [6.07, 6.45) is 5.14. The third kappa shape index (κ3) is 2.65. The number of rotatable bonds is 4. The molecule has 6 rings (SSSR count). The third-order valence-corrected chi connectivity index (χ3v) is 5.76. The molecule has 1 aromatic heterocycles. The van der Waals surface area contributed by atoms with Gasteiger partial charge in [-0.25, -0.2) is 4.98 Å². The summed E-state index contributed by atoms with van der Waals surface area (Å²) in [7, 11) is 0. The molecular weight excluding hydrogens is 318 g/mol. The lowest BCUT2D eigenvalue weighted by molar-refractivity contribution is -0.140. The number of nitrogens with zero attached hydrogens (tertiary/aromatic N) is 3. The van der Waals surface area contributed by atoms with Gasteiger partial charge in [0.05, 0.1) is 11.8 Å². The highest BCUT2D eigenvalue weighted by atomic mass is 16.7. The molecule has 25 heavy (non-hydrogen) atoms. The molecule has 0 N–H and O–H groups in total. The molecule has 6 heteroatoms. The zero-order valence-electron chi connectivity index (χ0n) is 14.0. The van der Waals surface area contributed by atoms with Gasteiger partial charge in [0, 0.05) is 31.5 Å². The maximum Gasteiger partial charge on any atom is 0.304 e. The second-order valence-corrected chi connectivity index (χ2v) is 7.45. The third-order valence-electron chi connectivity index (χ3n) is 5.76. The Morgan fingerprint density at radius 3 is 2.56 bits per heavy atom. The minimum absolute atomic E-state index is 0.0869. The number of aromatic nitrogens is 1. The SMILES string of the molecule is O=C(c1cocn1)N(OC1[C@H]2CC3C[C@H]1CN(C3)C2)c1ccccc1. The average molecular weight is 339 g/mol. The van der Waals surface area contributed by atoms with Crippen molar-refractivity contribution < 1.29 is 14.0 Å². The highest BCUT2D eigenvalue weighted by Crippen LogP contribution is 2.45. The smallest absolute Gasteiger partial charge is 0.304 e. The highest BCUT2D eigenvalue weighted by molar-refractivity contribution is 6.03. The fraction of sp³-hybridized carbons (Fsp3) is 0.474. The normalized spacial score (nSPS) is 32.7. The van der Waals surface area contributed by atoms with Crippen LogP contribution in [0.3, 0.4) is 0 Å². The number of hydrogen-bond acceptors (Lipinski definition) is 5. The van der Waals surface area contributed by atoms with Crippen LogP contribution in [0.2, 0.25) is 0 Å². The Morgan fingerprint density at radius 1 is 1.16 bits per heavy atom. The van der Waals surface area contributed by atoms with Crippen LogP contribution in [0.25, 0.3) is 0 Å². The van der Waals surface area contributed by atoms with Gasteiger partial charge in [-0.3, -0.25) is 9.63 Å². The summed E-state index contributed by atoms with van der Waals surface area (Å²) in [6.45, 7) is 3.40. The number of hydroxylamine groups is 1. The van der Waals surface area contributed by atoms with Crippen molar-refractivity contribution in [2.24, 2.45) is 17.8 Å². The lowest BCUT2D eigenvalue weighted by Gasteiger charge is -2.55. The predicted molar refractivity (Wildman–Crippen MR) is 90.8 cm³/mol. The molecule has 1 amide bonds. The van der Waals surface area contributed by atoms with Crippen molar-refractivity contribution in [3.05, 3.63) is 48.7 Å². The Labute approximate surface area is 146 Å². The number of carbonyl (C=O) groups excluding carboxylic acids is 1. The highest BCUT2D eigenvalue weighted by Gasteiger charge is 2.49. The number of hydrogen-bond donors (Lipinski definition) is 0. The van der Waals surface area contributed by atoms with E-state index in [1.165, 1.54) is 37.1 Å². The van der Waals surface area contributed by atoms with E-state index in [1.807, 2.05) is 30.3 Å². The number of amides is 1. The van der Waals surface area contributed by atoms with Crippen LogP contribution in [0.5, 0.6) is 0 Å². The molecule has 3 aliphatic heterocycles. The van der Waals surface area contributed by atoms with E-state index in [-0.39, 0.29) is 17.7 Å². The number of anilines is 1. The first-order chi connectivity index (χ1) is 12.3. The lowest BCUT2D eigenvalue weighted by atomic mass is 9.66. The number of piperidine rings is 3. The van der Waals surface area contributed by atoms with E-state index < -0.39 is 0 Å². The summed E-state index contributed by atoms with van der Waals surface area (Å²) in [5, 5.41) is 1.42. The number of carbonyl (C=O) groups is 1. The summed E-state index contributed by atoms with van der Waals surface area (Å²) in [5.74, 6) is 1.52. The van der Waals surface area contributed by atoms with Gasteiger partial charge in [0.25, 0.3) is 0 Å². The van der Waals surface area contributed by atoms with Crippen molar-refractivity contribution >= 4 is 11.6 Å². The summed E-state index contributed by atoms with van der Waals surface area (Å²) in [6, 6.07) is 9.52. The fourth-order valence-corrected chi connectivity index (χ4v) is 4.87. The predicted octanol–water partition coefficient (Wildman–Crippen LogP) is 2.59. The van der Waals surface area contributed by atoms with Crippen LogP contribution in [0.15, 0.2) is 47.4 Å². The zero-order valence-corrected chi connectivity index (χ0v) is 14.0. The molecule has 2 atom stereocenters. The van der Waals surface area contributed by atoms with Crippen molar-refractivity contribution in [1.82, 2.24) is 9.88 Å². The standard InChI is InChI=1S/C19H21N3O3/c23-19(17-11-24-12-20-17)22(16-4-2-1-3-5-16)25-18-14-6-13-7-15(18)10-21(8-13)9-14/h1-5,11-15,18H,6-10H2/t13?,14-,15-,18?/m0/s1. The van der Waals surface area contributed by atoms with Gasteiger partial charge in [-0.2, -0.15) is 5.06 Å². The van der Waals surface area contributed by atoms with Crippen molar-refractivity contribution in [3.8, 4) is 0 Å². The van der Waals surface area contributed by atoms with Gasteiger partial charge < -0.3 is 9.32 Å². The summed E-state index contributed by atoms with van der Waals surface area (Å²) in [5.41, 5.74) is 0.987.